The maximum Gasteiger partial charge on any atom is 0.417 e. The molecule has 0 spiro atoms. The molecule has 0 saturated carbocycles. The fraction of sp³-hybridized carbons (Fsp3) is 0.261. The van der Waals surface area contributed by atoms with E-state index in [1.165, 1.54) is 13.2 Å². The standard InChI is InChI=1S/C23H21F3N2O3/c1-30-21-11-16(19-7-6-18(12-27-19)23(24,25)26)10-17-14-28(8-9-31-22(17)21)13-15-4-2-3-5-20(15)29/h2-7,10-12,29H,8-9,13-14H2,1H3. The van der Waals surface area contributed by atoms with Crippen LogP contribution in [0.3, 0.4) is 0 Å². The summed E-state index contributed by atoms with van der Waals surface area (Å²) in [6.45, 7) is 2.13. The van der Waals surface area contributed by atoms with E-state index in [1.807, 2.05) is 18.2 Å². The van der Waals surface area contributed by atoms with Crippen molar-refractivity contribution in [2.75, 3.05) is 20.3 Å². The summed E-state index contributed by atoms with van der Waals surface area (Å²) in [6.07, 6.45) is -3.61. The minimum Gasteiger partial charge on any atom is -0.508 e. The molecule has 1 aliphatic heterocycles. The van der Waals surface area contributed by atoms with E-state index in [1.54, 1.807) is 18.2 Å². The predicted molar refractivity (Wildman–Crippen MR) is 109 cm³/mol. The number of pyridine rings is 1. The summed E-state index contributed by atoms with van der Waals surface area (Å²) in [5.74, 6) is 1.34. The van der Waals surface area contributed by atoms with Crippen LogP contribution in [-0.2, 0) is 19.3 Å². The van der Waals surface area contributed by atoms with Crippen molar-refractivity contribution in [2.24, 2.45) is 0 Å². The Bertz CT molecular complexity index is 1070. The molecule has 5 nitrogen and oxygen atoms in total. The second-order valence-corrected chi connectivity index (χ2v) is 7.28. The lowest BCUT2D eigenvalue weighted by molar-refractivity contribution is -0.137. The van der Waals surface area contributed by atoms with Gasteiger partial charge in [0.15, 0.2) is 11.5 Å². The summed E-state index contributed by atoms with van der Waals surface area (Å²) in [7, 11) is 1.52. The number of phenols is 1. The second kappa shape index (κ2) is 8.47. The SMILES string of the molecule is COc1cc(-c2ccc(C(F)(F)F)cn2)cc2c1OCCN(Cc1ccccc1O)C2. The highest BCUT2D eigenvalue weighted by Crippen LogP contribution is 2.39. The van der Waals surface area contributed by atoms with Crippen molar-refractivity contribution in [3.05, 3.63) is 71.4 Å². The molecule has 1 aliphatic rings. The third kappa shape index (κ3) is 4.59. The highest BCUT2D eigenvalue weighted by atomic mass is 19.4. The monoisotopic (exact) mass is 430 g/mol. The van der Waals surface area contributed by atoms with Gasteiger partial charge >= 0.3 is 6.18 Å². The highest BCUT2D eigenvalue weighted by molar-refractivity contribution is 5.66. The fourth-order valence-corrected chi connectivity index (χ4v) is 3.59. The number of fused-ring (bicyclic) bond motifs is 1. The lowest BCUT2D eigenvalue weighted by Crippen LogP contribution is -2.25. The first-order valence-corrected chi connectivity index (χ1v) is 9.71. The molecule has 0 radical (unpaired) electrons. The quantitative estimate of drug-likeness (QED) is 0.640. The molecule has 0 unspecified atom stereocenters. The van der Waals surface area contributed by atoms with Crippen molar-refractivity contribution < 1.29 is 27.8 Å². The van der Waals surface area contributed by atoms with E-state index in [0.29, 0.717) is 49.0 Å². The van der Waals surface area contributed by atoms with Gasteiger partial charge in [-0.25, -0.2) is 0 Å². The molecule has 8 heteroatoms. The molecule has 162 valence electrons. The summed E-state index contributed by atoms with van der Waals surface area (Å²) in [5, 5.41) is 10.1. The van der Waals surface area contributed by atoms with Crippen molar-refractivity contribution in [1.82, 2.24) is 9.88 Å². The number of aromatic nitrogens is 1. The van der Waals surface area contributed by atoms with Crippen LogP contribution in [0.4, 0.5) is 13.2 Å². The van der Waals surface area contributed by atoms with Gasteiger partial charge in [-0.3, -0.25) is 9.88 Å². The number of aromatic hydroxyl groups is 1. The lowest BCUT2D eigenvalue weighted by atomic mass is 10.0. The van der Waals surface area contributed by atoms with Crippen molar-refractivity contribution >= 4 is 0 Å². The van der Waals surface area contributed by atoms with E-state index in [2.05, 4.69) is 9.88 Å². The molecule has 1 aromatic heterocycles. The minimum absolute atomic E-state index is 0.230. The van der Waals surface area contributed by atoms with Gasteiger partial charge in [-0.05, 0) is 30.3 Å². The number of para-hydroxylation sites is 1. The molecule has 0 aliphatic carbocycles. The Morgan fingerprint density at radius 1 is 1.16 bits per heavy atom. The molecule has 2 aromatic carbocycles. The average molecular weight is 430 g/mol. The molecular formula is C23H21F3N2O3. The van der Waals surface area contributed by atoms with Gasteiger partial charge < -0.3 is 14.6 Å². The fourth-order valence-electron chi connectivity index (χ4n) is 3.59. The number of ether oxygens (including phenoxy) is 2. The molecule has 0 saturated heterocycles. The van der Waals surface area contributed by atoms with Gasteiger partial charge in [0.05, 0.1) is 18.4 Å². The topological polar surface area (TPSA) is 54.8 Å². The maximum atomic E-state index is 12.9. The van der Waals surface area contributed by atoms with E-state index in [9.17, 15) is 18.3 Å². The first kappa shape index (κ1) is 21.0. The van der Waals surface area contributed by atoms with Gasteiger partial charge in [0.25, 0.3) is 0 Å². The molecule has 0 amide bonds. The normalized spacial score (nSPS) is 14.5. The molecule has 0 bridgehead atoms. The van der Waals surface area contributed by atoms with E-state index in [4.69, 9.17) is 9.47 Å². The van der Waals surface area contributed by atoms with Crippen LogP contribution in [0.5, 0.6) is 17.2 Å². The van der Waals surface area contributed by atoms with Crippen LogP contribution in [-0.4, -0.2) is 35.3 Å². The number of halogens is 3. The number of rotatable bonds is 4. The van der Waals surface area contributed by atoms with E-state index < -0.39 is 11.7 Å². The zero-order chi connectivity index (χ0) is 22.0. The Kier molecular flexibility index (Phi) is 5.73. The first-order chi connectivity index (χ1) is 14.8. The predicted octanol–water partition coefficient (Wildman–Crippen LogP) is 4.88. The zero-order valence-electron chi connectivity index (χ0n) is 16.8. The van der Waals surface area contributed by atoms with Gasteiger partial charge in [-0.1, -0.05) is 18.2 Å². The summed E-state index contributed by atoms with van der Waals surface area (Å²) in [5.41, 5.74) is 1.89. The van der Waals surface area contributed by atoms with Crippen molar-refractivity contribution in [2.45, 2.75) is 19.3 Å². The largest absolute Gasteiger partial charge is 0.508 e. The number of alkyl halides is 3. The smallest absolute Gasteiger partial charge is 0.417 e. The van der Waals surface area contributed by atoms with Gasteiger partial charge in [-0.15, -0.1) is 0 Å². The second-order valence-electron chi connectivity index (χ2n) is 7.28. The van der Waals surface area contributed by atoms with Crippen LogP contribution >= 0.6 is 0 Å². The molecule has 0 atom stereocenters. The highest BCUT2D eigenvalue weighted by Gasteiger charge is 2.31. The van der Waals surface area contributed by atoms with Crippen LogP contribution in [0.25, 0.3) is 11.3 Å². The molecule has 1 N–H and O–H groups in total. The Hall–Kier alpha value is -3.26. The number of benzene rings is 2. The maximum absolute atomic E-state index is 12.9. The van der Waals surface area contributed by atoms with E-state index in [0.717, 1.165) is 23.4 Å². The van der Waals surface area contributed by atoms with Crippen LogP contribution in [0.2, 0.25) is 0 Å². The Morgan fingerprint density at radius 2 is 1.97 bits per heavy atom. The lowest BCUT2D eigenvalue weighted by Gasteiger charge is -2.20. The summed E-state index contributed by atoms with van der Waals surface area (Å²) >= 11 is 0. The van der Waals surface area contributed by atoms with Crippen LogP contribution in [0.1, 0.15) is 16.7 Å². The van der Waals surface area contributed by atoms with Gasteiger partial charge in [0.1, 0.15) is 12.4 Å². The first-order valence-electron chi connectivity index (χ1n) is 9.71. The minimum atomic E-state index is -4.44. The molecule has 4 rings (SSSR count). The Labute approximate surface area is 177 Å². The zero-order valence-corrected chi connectivity index (χ0v) is 16.8. The number of methoxy groups -OCH3 is 1. The van der Waals surface area contributed by atoms with Gasteiger partial charge in [-0.2, -0.15) is 13.2 Å². The van der Waals surface area contributed by atoms with Crippen molar-refractivity contribution in [3.63, 3.8) is 0 Å². The number of hydrogen-bond donors (Lipinski definition) is 1. The molecule has 2 heterocycles. The summed E-state index contributed by atoms with van der Waals surface area (Å²) in [4.78, 5) is 6.13. The van der Waals surface area contributed by atoms with Crippen LogP contribution < -0.4 is 9.47 Å². The molecular weight excluding hydrogens is 409 g/mol. The number of hydrogen-bond acceptors (Lipinski definition) is 5. The number of phenolic OH excluding ortho intramolecular Hbond substituents is 1. The Balaban J connectivity index is 1.66. The summed E-state index contributed by atoms with van der Waals surface area (Å²) < 4.78 is 50.0. The molecule has 0 fully saturated rings. The average Bonchev–Trinajstić information content (AvgIpc) is 2.96. The van der Waals surface area contributed by atoms with Crippen LogP contribution in [0.15, 0.2) is 54.7 Å². The van der Waals surface area contributed by atoms with Crippen LogP contribution in [0, 0.1) is 0 Å². The Morgan fingerprint density at radius 3 is 2.65 bits per heavy atom. The number of nitrogens with zero attached hydrogens (tertiary/aromatic N) is 2. The molecule has 31 heavy (non-hydrogen) atoms. The summed E-state index contributed by atoms with van der Waals surface area (Å²) in [6, 6.07) is 13.1. The third-order valence-corrected chi connectivity index (χ3v) is 5.17. The van der Waals surface area contributed by atoms with E-state index >= 15 is 0 Å². The van der Waals surface area contributed by atoms with Crippen molar-refractivity contribution in [3.8, 4) is 28.5 Å². The van der Waals surface area contributed by atoms with Gasteiger partial charge in [0.2, 0.25) is 0 Å². The molecule has 3 aromatic rings. The third-order valence-electron chi connectivity index (χ3n) is 5.17. The van der Waals surface area contributed by atoms with E-state index in [-0.39, 0.29) is 5.75 Å². The van der Waals surface area contributed by atoms with Gasteiger partial charge in [0, 0.05) is 42.5 Å². The van der Waals surface area contributed by atoms with Crippen molar-refractivity contribution in [1.29, 1.82) is 0 Å².